The van der Waals surface area contributed by atoms with Crippen LogP contribution in [0.2, 0.25) is 0 Å². The van der Waals surface area contributed by atoms with E-state index in [1.807, 2.05) is 43.9 Å². The summed E-state index contributed by atoms with van der Waals surface area (Å²) in [6, 6.07) is 6.80. The second-order valence-electron chi connectivity index (χ2n) is 9.81. The van der Waals surface area contributed by atoms with Gasteiger partial charge in [-0.1, -0.05) is 18.2 Å². The highest BCUT2D eigenvalue weighted by atomic mass is 16.6. The number of nitrogens with zero attached hydrogens (tertiary/aromatic N) is 3. The first-order chi connectivity index (χ1) is 17.2. The molecule has 0 saturated heterocycles. The van der Waals surface area contributed by atoms with Crippen LogP contribution in [-0.4, -0.2) is 40.1 Å². The summed E-state index contributed by atoms with van der Waals surface area (Å²) in [6.07, 6.45) is 8.33. The number of para-hydroxylation sites is 1. The van der Waals surface area contributed by atoms with Crippen LogP contribution in [-0.2, 0) is 25.5 Å². The molecule has 0 aliphatic carbocycles. The van der Waals surface area contributed by atoms with Crippen LogP contribution in [0.25, 0.3) is 16.5 Å². The van der Waals surface area contributed by atoms with Gasteiger partial charge in [0.25, 0.3) is 11.8 Å². The summed E-state index contributed by atoms with van der Waals surface area (Å²) in [5, 5.41) is 3.11. The van der Waals surface area contributed by atoms with E-state index in [0.29, 0.717) is 34.2 Å². The van der Waals surface area contributed by atoms with Crippen LogP contribution in [0.3, 0.4) is 0 Å². The Balaban J connectivity index is 1.51. The number of carbonyl (C=O) groups is 3. The standard InChI is InChI=1S/C27H22N4O5/c1-27(2,3)36-26(34)18-11-14-5-4-6-16-21(29-8-9-31(18)22(14)16)20-19(24(32)30-25(20)33)17-13-28-12-15-7-10-35-23(15)17/h4-10,12-13,18H,11H2,1-3H3,(H,30,32,33). The van der Waals surface area contributed by atoms with Crippen molar-refractivity contribution in [1.29, 1.82) is 0 Å². The summed E-state index contributed by atoms with van der Waals surface area (Å²) in [7, 11) is 0. The van der Waals surface area contributed by atoms with Gasteiger partial charge in [-0.15, -0.1) is 0 Å². The van der Waals surface area contributed by atoms with Gasteiger partial charge < -0.3 is 14.1 Å². The summed E-state index contributed by atoms with van der Waals surface area (Å²) in [4.78, 5) is 49.9. The van der Waals surface area contributed by atoms with E-state index in [1.54, 1.807) is 18.5 Å². The molecule has 0 fully saturated rings. The van der Waals surface area contributed by atoms with Crippen LogP contribution in [0.1, 0.15) is 37.5 Å². The summed E-state index contributed by atoms with van der Waals surface area (Å²) in [6.45, 7) is 5.49. The largest absolute Gasteiger partial charge is 0.464 e. The van der Waals surface area contributed by atoms with Gasteiger partial charge in [-0.2, -0.15) is 0 Å². The van der Waals surface area contributed by atoms with Gasteiger partial charge in [-0.05, 0) is 32.4 Å². The Morgan fingerprint density at radius 3 is 2.72 bits per heavy atom. The van der Waals surface area contributed by atoms with Gasteiger partial charge in [0, 0.05) is 47.7 Å². The molecule has 0 saturated carbocycles. The van der Waals surface area contributed by atoms with Crippen LogP contribution in [0, 0.1) is 0 Å². The SMILES string of the molecule is CC(C)(C)OC(=O)C1Cc2cccc3c2N1C=CN=C3C1=C(c2cncc3ccoc23)C(=O)NC1=O. The Kier molecular flexibility index (Phi) is 4.72. The van der Waals surface area contributed by atoms with E-state index in [-0.39, 0.29) is 17.1 Å². The lowest BCUT2D eigenvalue weighted by Gasteiger charge is -2.27. The minimum absolute atomic E-state index is 0.131. The lowest BCUT2D eigenvalue weighted by Crippen LogP contribution is -2.40. The number of rotatable bonds is 3. The molecule has 180 valence electrons. The zero-order valence-electron chi connectivity index (χ0n) is 19.9. The minimum Gasteiger partial charge on any atom is -0.464 e. The van der Waals surface area contributed by atoms with Crippen molar-refractivity contribution in [3.05, 3.63) is 77.6 Å². The zero-order chi connectivity index (χ0) is 25.2. The fraction of sp³-hybridized carbons (Fsp3) is 0.222. The number of ether oxygens (including phenoxy) is 1. The van der Waals surface area contributed by atoms with E-state index in [4.69, 9.17) is 9.15 Å². The van der Waals surface area contributed by atoms with Gasteiger partial charge in [-0.3, -0.25) is 24.9 Å². The van der Waals surface area contributed by atoms with Crippen molar-refractivity contribution in [2.45, 2.75) is 38.8 Å². The summed E-state index contributed by atoms with van der Waals surface area (Å²) < 4.78 is 11.3. The minimum atomic E-state index is -0.630. The van der Waals surface area contributed by atoms with Gasteiger partial charge in [-0.25, -0.2) is 4.79 Å². The fourth-order valence-electron chi connectivity index (χ4n) is 4.91. The molecule has 2 aromatic heterocycles. The molecule has 3 aliphatic rings. The Morgan fingerprint density at radius 1 is 1.11 bits per heavy atom. The monoisotopic (exact) mass is 482 g/mol. The molecular formula is C27H22N4O5. The molecule has 0 bridgehead atoms. The number of esters is 1. The molecule has 1 aromatic carbocycles. The number of hydrogen-bond acceptors (Lipinski definition) is 8. The van der Waals surface area contributed by atoms with Crippen LogP contribution < -0.4 is 10.2 Å². The molecule has 3 aliphatic heterocycles. The number of furan rings is 1. The Bertz CT molecular complexity index is 1570. The van der Waals surface area contributed by atoms with Gasteiger partial charge in [0.1, 0.15) is 17.2 Å². The highest BCUT2D eigenvalue weighted by Gasteiger charge is 2.42. The van der Waals surface area contributed by atoms with Crippen molar-refractivity contribution in [3.8, 4) is 0 Å². The van der Waals surface area contributed by atoms with Crippen molar-refractivity contribution in [2.24, 2.45) is 4.99 Å². The fourth-order valence-corrected chi connectivity index (χ4v) is 4.91. The second-order valence-corrected chi connectivity index (χ2v) is 9.81. The molecule has 1 atom stereocenters. The predicted molar refractivity (Wildman–Crippen MR) is 132 cm³/mol. The molecule has 5 heterocycles. The highest BCUT2D eigenvalue weighted by Crippen LogP contribution is 2.41. The molecule has 9 heteroatoms. The second kappa shape index (κ2) is 7.74. The predicted octanol–water partition coefficient (Wildman–Crippen LogP) is 3.28. The third-order valence-electron chi connectivity index (χ3n) is 6.29. The molecule has 1 N–H and O–H groups in total. The number of hydrogen-bond donors (Lipinski definition) is 1. The number of imide groups is 1. The number of amides is 2. The molecular weight excluding hydrogens is 460 g/mol. The Labute approximate surface area is 206 Å². The van der Waals surface area contributed by atoms with E-state index in [2.05, 4.69) is 15.3 Å². The summed E-state index contributed by atoms with van der Waals surface area (Å²) in [5.74, 6) is -1.45. The van der Waals surface area contributed by atoms with Crippen molar-refractivity contribution >= 4 is 45.7 Å². The zero-order valence-corrected chi connectivity index (χ0v) is 19.9. The number of nitrogens with one attached hydrogen (secondary N) is 1. The average molecular weight is 482 g/mol. The van der Waals surface area contributed by atoms with Crippen molar-refractivity contribution in [1.82, 2.24) is 10.3 Å². The number of fused-ring (bicyclic) bond motifs is 1. The number of aromatic nitrogens is 1. The number of pyridine rings is 1. The Morgan fingerprint density at radius 2 is 1.92 bits per heavy atom. The van der Waals surface area contributed by atoms with E-state index in [0.717, 1.165) is 11.3 Å². The molecule has 36 heavy (non-hydrogen) atoms. The van der Waals surface area contributed by atoms with Gasteiger partial charge >= 0.3 is 5.97 Å². The topological polar surface area (TPSA) is 114 Å². The van der Waals surface area contributed by atoms with Gasteiger partial charge in [0.05, 0.1) is 28.8 Å². The number of benzene rings is 1. The van der Waals surface area contributed by atoms with Crippen molar-refractivity contribution in [3.63, 3.8) is 0 Å². The molecule has 2 amide bonds. The first kappa shape index (κ1) is 22.0. The van der Waals surface area contributed by atoms with Gasteiger partial charge in [0.15, 0.2) is 0 Å². The summed E-state index contributed by atoms with van der Waals surface area (Å²) >= 11 is 0. The lowest BCUT2D eigenvalue weighted by atomic mass is 9.93. The van der Waals surface area contributed by atoms with Crippen molar-refractivity contribution < 1.29 is 23.5 Å². The maximum Gasteiger partial charge on any atom is 0.329 e. The highest BCUT2D eigenvalue weighted by molar-refractivity contribution is 6.48. The molecule has 0 spiro atoms. The molecule has 0 radical (unpaired) electrons. The van der Waals surface area contributed by atoms with E-state index in [9.17, 15) is 14.4 Å². The average Bonchev–Trinajstić information content (AvgIpc) is 3.47. The normalized spacial score (nSPS) is 18.9. The van der Waals surface area contributed by atoms with Crippen LogP contribution in [0.5, 0.6) is 0 Å². The number of aliphatic imine (C=N–C) groups is 1. The number of anilines is 1. The van der Waals surface area contributed by atoms with Crippen molar-refractivity contribution in [2.75, 3.05) is 4.90 Å². The third kappa shape index (κ3) is 3.35. The van der Waals surface area contributed by atoms with Crippen LogP contribution in [0.4, 0.5) is 5.69 Å². The smallest absolute Gasteiger partial charge is 0.329 e. The Hall–Kier alpha value is -4.53. The van der Waals surface area contributed by atoms with Crippen LogP contribution in [0.15, 0.2) is 70.3 Å². The first-order valence-corrected chi connectivity index (χ1v) is 11.5. The van der Waals surface area contributed by atoms with E-state index >= 15 is 0 Å². The lowest BCUT2D eigenvalue weighted by molar-refractivity contribution is -0.156. The maximum absolute atomic E-state index is 13.1. The quantitative estimate of drug-likeness (QED) is 0.450. The molecule has 9 nitrogen and oxygen atoms in total. The number of carbonyl (C=O) groups excluding carboxylic acids is 3. The first-order valence-electron chi connectivity index (χ1n) is 11.5. The van der Waals surface area contributed by atoms with Gasteiger partial charge in [0.2, 0.25) is 0 Å². The third-order valence-corrected chi connectivity index (χ3v) is 6.29. The van der Waals surface area contributed by atoms with E-state index < -0.39 is 23.5 Å². The summed E-state index contributed by atoms with van der Waals surface area (Å²) in [5.41, 5.74) is 3.16. The molecule has 6 rings (SSSR count). The van der Waals surface area contributed by atoms with E-state index in [1.165, 1.54) is 18.7 Å². The molecule has 3 aromatic rings. The maximum atomic E-state index is 13.1. The van der Waals surface area contributed by atoms with Crippen LogP contribution >= 0.6 is 0 Å². The molecule has 1 unspecified atom stereocenters.